The molecule has 0 atom stereocenters. The zero-order valence-electron chi connectivity index (χ0n) is 12.6. The smallest absolute Gasteiger partial charge is 0.144 e. The first kappa shape index (κ1) is 14.5. The van der Waals surface area contributed by atoms with Crippen LogP contribution in [0.5, 0.6) is 5.75 Å². The average Bonchev–Trinajstić information content (AvgIpc) is 2.56. The maximum absolute atomic E-state index is 13.0. The fourth-order valence-corrected chi connectivity index (χ4v) is 2.81. The highest BCUT2D eigenvalue weighted by Gasteiger charge is 2.20. The molecule has 0 aromatic heterocycles. The van der Waals surface area contributed by atoms with Crippen molar-refractivity contribution < 1.29 is 9.13 Å². The fourth-order valence-electron chi connectivity index (χ4n) is 2.81. The van der Waals surface area contributed by atoms with Crippen LogP contribution in [0.1, 0.15) is 0 Å². The van der Waals surface area contributed by atoms with Crippen LogP contribution in [-0.2, 0) is 0 Å². The summed E-state index contributed by atoms with van der Waals surface area (Å²) in [6, 6.07) is 12.4. The van der Waals surface area contributed by atoms with E-state index < -0.39 is 0 Å². The molecule has 0 unspecified atom stereocenters. The van der Waals surface area contributed by atoms with E-state index in [1.807, 2.05) is 30.3 Å². The Bertz CT molecular complexity index is 637. The van der Waals surface area contributed by atoms with E-state index in [2.05, 4.69) is 9.80 Å². The van der Waals surface area contributed by atoms with Crippen LogP contribution in [0.2, 0.25) is 0 Å². The summed E-state index contributed by atoms with van der Waals surface area (Å²) in [5.74, 6) is 0.601. The summed E-state index contributed by atoms with van der Waals surface area (Å²) in [4.78, 5) is 4.55. The standard InChI is InChI=1S/C17H20FN3O/c1-22-17-12-14(19)4-7-16(17)21-10-8-20(9-11-21)15-5-2-13(18)3-6-15/h2-7,12H,8-11,19H2,1H3. The average molecular weight is 301 g/mol. The summed E-state index contributed by atoms with van der Waals surface area (Å²) in [5.41, 5.74) is 8.63. The molecule has 1 aliphatic heterocycles. The Labute approximate surface area is 129 Å². The fraction of sp³-hybridized carbons (Fsp3) is 0.294. The Morgan fingerprint density at radius 3 is 2.23 bits per heavy atom. The van der Waals surface area contributed by atoms with E-state index in [1.165, 1.54) is 12.1 Å². The predicted octanol–water partition coefficient (Wildman–Crippen LogP) is 2.74. The van der Waals surface area contributed by atoms with Crippen molar-refractivity contribution in [1.29, 1.82) is 0 Å². The molecule has 0 spiro atoms. The van der Waals surface area contributed by atoms with Gasteiger partial charge in [0.15, 0.2) is 0 Å². The van der Waals surface area contributed by atoms with Gasteiger partial charge < -0.3 is 20.3 Å². The molecule has 1 heterocycles. The van der Waals surface area contributed by atoms with Crippen LogP contribution in [-0.4, -0.2) is 33.3 Å². The van der Waals surface area contributed by atoms with E-state index in [9.17, 15) is 4.39 Å². The minimum absolute atomic E-state index is 0.200. The third-order valence-electron chi connectivity index (χ3n) is 4.02. The molecule has 1 aliphatic rings. The molecule has 4 nitrogen and oxygen atoms in total. The molecule has 0 aliphatic carbocycles. The number of nitrogens with zero attached hydrogens (tertiary/aromatic N) is 2. The Morgan fingerprint density at radius 2 is 1.59 bits per heavy atom. The van der Waals surface area contributed by atoms with Crippen LogP contribution in [0.3, 0.4) is 0 Å². The molecule has 1 fully saturated rings. The third kappa shape index (κ3) is 2.93. The van der Waals surface area contributed by atoms with Crippen LogP contribution < -0.4 is 20.3 Å². The summed E-state index contributed by atoms with van der Waals surface area (Å²) in [5, 5.41) is 0. The summed E-state index contributed by atoms with van der Waals surface area (Å²) >= 11 is 0. The molecule has 2 aromatic carbocycles. The SMILES string of the molecule is COc1cc(N)ccc1N1CCN(c2ccc(F)cc2)CC1. The van der Waals surface area contributed by atoms with Crippen molar-refractivity contribution in [2.24, 2.45) is 0 Å². The molecule has 0 bridgehead atoms. The van der Waals surface area contributed by atoms with E-state index in [0.29, 0.717) is 5.69 Å². The topological polar surface area (TPSA) is 41.7 Å². The molecule has 0 amide bonds. The van der Waals surface area contributed by atoms with Gasteiger partial charge in [-0.2, -0.15) is 0 Å². The number of piperazine rings is 1. The van der Waals surface area contributed by atoms with Gasteiger partial charge >= 0.3 is 0 Å². The number of nitrogen functional groups attached to an aromatic ring is 1. The maximum atomic E-state index is 13.0. The molecule has 3 rings (SSSR count). The van der Waals surface area contributed by atoms with Gasteiger partial charge in [0.25, 0.3) is 0 Å². The van der Waals surface area contributed by atoms with Gasteiger partial charge in [-0.1, -0.05) is 0 Å². The molecular weight excluding hydrogens is 281 g/mol. The zero-order chi connectivity index (χ0) is 15.5. The van der Waals surface area contributed by atoms with Gasteiger partial charge in [0.2, 0.25) is 0 Å². The van der Waals surface area contributed by atoms with Gasteiger partial charge in [0.1, 0.15) is 11.6 Å². The van der Waals surface area contributed by atoms with Crippen molar-refractivity contribution in [3.05, 3.63) is 48.3 Å². The number of halogens is 1. The number of ether oxygens (including phenoxy) is 1. The van der Waals surface area contributed by atoms with Crippen molar-refractivity contribution in [3.8, 4) is 5.75 Å². The molecule has 116 valence electrons. The summed E-state index contributed by atoms with van der Waals surface area (Å²) in [7, 11) is 1.66. The highest BCUT2D eigenvalue weighted by Crippen LogP contribution is 2.31. The first-order valence-corrected chi connectivity index (χ1v) is 7.36. The molecule has 0 radical (unpaired) electrons. The molecular formula is C17H20FN3O. The van der Waals surface area contributed by atoms with Crippen LogP contribution in [0, 0.1) is 5.82 Å². The van der Waals surface area contributed by atoms with Gasteiger partial charge in [0.05, 0.1) is 12.8 Å². The first-order chi connectivity index (χ1) is 10.7. The van der Waals surface area contributed by atoms with E-state index in [0.717, 1.165) is 43.3 Å². The number of rotatable bonds is 3. The van der Waals surface area contributed by atoms with Crippen molar-refractivity contribution in [3.63, 3.8) is 0 Å². The van der Waals surface area contributed by atoms with Gasteiger partial charge in [-0.05, 0) is 36.4 Å². The molecule has 5 heteroatoms. The van der Waals surface area contributed by atoms with Gasteiger partial charge in [-0.25, -0.2) is 4.39 Å². The van der Waals surface area contributed by atoms with Gasteiger partial charge in [-0.15, -0.1) is 0 Å². The highest BCUT2D eigenvalue weighted by molar-refractivity contribution is 5.64. The van der Waals surface area contributed by atoms with Crippen molar-refractivity contribution in [2.75, 3.05) is 48.8 Å². The van der Waals surface area contributed by atoms with Crippen LogP contribution in [0.4, 0.5) is 21.5 Å². The molecule has 2 N–H and O–H groups in total. The lowest BCUT2D eigenvalue weighted by Gasteiger charge is -2.37. The molecule has 22 heavy (non-hydrogen) atoms. The second-order valence-electron chi connectivity index (χ2n) is 5.38. The number of nitrogens with two attached hydrogens (primary N) is 1. The van der Waals surface area contributed by atoms with Gasteiger partial charge in [0, 0.05) is 43.6 Å². The zero-order valence-corrected chi connectivity index (χ0v) is 12.6. The second kappa shape index (κ2) is 6.13. The summed E-state index contributed by atoms with van der Waals surface area (Å²) in [6.45, 7) is 3.55. The molecule has 2 aromatic rings. The predicted molar refractivity (Wildman–Crippen MR) is 88.2 cm³/mol. The van der Waals surface area contributed by atoms with Crippen molar-refractivity contribution >= 4 is 17.1 Å². The molecule has 0 saturated carbocycles. The highest BCUT2D eigenvalue weighted by atomic mass is 19.1. The maximum Gasteiger partial charge on any atom is 0.144 e. The Kier molecular flexibility index (Phi) is 4.04. The van der Waals surface area contributed by atoms with Crippen molar-refractivity contribution in [1.82, 2.24) is 0 Å². The van der Waals surface area contributed by atoms with Crippen LogP contribution in [0.15, 0.2) is 42.5 Å². The number of anilines is 3. The lowest BCUT2D eigenvalue weighted by Crippen LogP contribution is -2.46. The van der Waals surface area contributed by atoms with E-state index in [1.54, 1.807) is 7.11 Å². The Morgan fingerprint density at radius 1 is 0.955 bits per heavy atom. The van der Waals surface area contributed by atoms with E-state index >= 15 is 0 Å². The monoisotopic (exact) mass is 301 g/mol. The summed E-state index contributed by atoms with van der Waals surface area (Å²) < 4.78 is 18.4. The lowest BCUT2D eigenvalue weighted by molar-refractivity contribution is 0.414. The normalized spacial score (nSPS) is 15.0. The number of benzene rings is 2. The third-order valence-corrected chi connectivity index (χ3v) is 4.02. The second-order valence-corrected chi connectivity index (χ2v) is 5.38. The minimum atomic E-state index is -0.200. The lowest BCUT2D eigenvalue weighted by atomic mass is 10.2. The van der Waals surface area contributed by atoms with Crippen LogP contribution >= 0.6 is 0 Å². The number of hydrogen-bond acceptors (Lipinski definition) is 4. The van der Waals surface area contributed by atoms with Crippen LogP contribution in [0.25, 0.3) is 0 Å². The number of hydrogen-bond donors (Lipinski definition) is 1. The van der Waals surface area contributed by atoms with E-state index in [-0.39, 0.29) is 5.82 Å². The first-order valence-electron chi connectivity index (χ1n) is 7.36. The Balaban J connectivity index is 1.70. The largest absolute Gasteiger partial charge is 0.495 e. The quantitative estimate of drug-likeness (QED) is 0.885. The Hall–Kier alpha value is -2.43. The minimum Gasteiger partial charge on any atom is -0.495 e. The number of methoxy groups -OCH3 is 1. The van der Waals surface area contributed by atoms with E-state index in [4.69, 9.17) is 10.5 Å². The van der Waals surface area contributed by atoms with Gasteiger partial charge in [-0.3, -0.25) is 0 Å². The summed E-state index contributed by atoms with van der Waals surface area (Å²) in [6.07, 6.45) is 0. The molecule has 1 saturated heterocycles. The van der Waals surface area contributed by atoms with Crippen molar-refractivity contribution in [2.45, 2.75) is 0 Å².